The maximum absolute atomic E-state index is 13.0. The van der Waals surface area contributed by atoms with Gasteiger partial charge in [-0.05, 0) is 43.3 Å². The lowest BCUT2D eigenvalue weighted by molar-refractivity contribution is -0.132. The van der Waals surface area contributed by atoms with Crippen LogP contribution in [-0.4, -0.2) is 28.9 Å². The van der Waals surface area contributed by atoms with Gasteiger partial charge in [-0.15, -0.1) is 0 Å². The number of anilines is 1. The Morgan fingerprint density at radius 1 is 1.00 bits per heavy atom. The zero-order chi connectivity index (χ0) is 21.3. The molecule has 1 amide bonds. The van der Waals surface area contributed by atoms with Crippen molar-refractivity contribution in [2.24, 2.45) is 0 Å². The number of amides is 1. The van der Waals surface area contributed by atoms with E-state index < -0.39 is 17.7 Å². The summed E-state index contributed by atoms with van der Waals surface area (Å²) in [5, 5.41) is 11.0. The van der Waals surface area contributed by atoms with Gasteiger partial charge in [-0.2, -0.15) is 0 Å². The molecule has 30 heavy (non-hydrogen) atoms. The number of carbonyl (C=O) groups is 2. The number of hydrogen-bond donors (Lipinski definition) is 1. The van der Waals surface area contributed by atoms with Crippen LogP contribution in [-0.2, 0) is 9.59 Å². The van der Waals surface area contributed by atoms with Gasteiger partial charge in [0.1, 0.15) is 17.6 Å². The first-order valence-corrected chi connectivity index (χ1v) is 9.44. The number of Topliss-reactive ketones (excluding diaryl/α,β-unsaturated/α-hetero) is 1. The molecular formula is C24H20N2O4. The van der Waals surface area contributed by atoms with Crippen LogP contribution in [0.15, 0.2) is 78.5 Å². The van der Waals surface area contributed by atoms with Crippen LogP contribution >= 0.6 is 0 Å². The molecule has 0 spiro atoms. The van der Waals surface area contributed by atoms with Crippen molar-refractivity contribution in [1.29, 1.82) is 0 Å². The molecule has 1 saturated heterocycles. The Kier molecular flexibility index (Phi) is 5.06. The fourth-order valence-corrected chi connectivity index (χ4v) is 3.53. The molecule has 3 aromatic rings. The number of rotatable bonds is 4. The molecule has 1 atom stereocenters. The summed E-state index contributed by atoms with van der Waals surface area (Å²) in [6.07, 6.45) is 1.59. The molecule has 0 radical (unpaired) electrons. The largest absolute Gasteiger partial charge is 0.507 e. The first-order chi connectivity index (χ1) is 14.5. The lowest BCUT2D eigenvalue weighted by atomic mass is 9.97. The summed E-state index contributed by atoms with van der Waals surface area (Å²) in [6.45, 7) is 1.93. The lowest BCUT2D eigenvalue weighted by Crippen LogP contribution is -2.29. The van der Waals surface area contributed by atoms with Crippen LogP contribution in [0.5, 0.6) is 5.75 Å². The van der Waals surface area contributed by atoms with Crippen molar-refractivity contribution >= 4 is 23.1 Å². The fraction of sp³-hybridized carbons (Fsp3) is 0.125. The van der Waals surface area contributed by atoms with E-state index in [1.807, 2.05) is 19.1 Å². The molecule has 4 rings (SSSR count). The van der Waals surface area contributed by atoms with Gasteiger partial charge in [0.05, 0.1) is 18.4 Å². The Morgan fingerprint density at radius 3 is 2.30 bits per heavy atom. The summed E-state index contributed by atoms with van der Waals surface area (Å²) in [6, 6.07) is 18.4. The highest BCUT2D eigenvalue weighted by Crippen LogP contribution is 2.41. The van der Waals surface area contributed by atoms with Crippen LogP contribution in [0.25, 0.3) is 5.76 Å². The third-order valence-corrected chi connectivity index (χ3v) is 5.09. The molecule has 2 heterocycles. The summed E-state index contributed by atoms with van der Waals surface area (Å²) in [7, 11) is 1.55. The van der Waals surface area contributed by atoms with E-state index in [9.17, 15) is 14.7 Å². The van der Waals surface area contributed by atoms with Gasteiger partial charge in [-0.25, -0.2) is 0 Å². The summed E-state index contributed by atoms with van der Waals surface area (Å²) >= 11 is 0. The molecule has 0 bridgehead atoms. The molecule has 1 fully saturated rings. The quantitative estimate of drug-likeness (QED) is 0.406. The van der Waals surface area contributed by atoms with Crippen LogP contribution in [0, 0.1) is 6.92 Å². The van der Waals surface area contributed by atoms with Gasteiger partial charge in [0.2, 0.25) is 0 Å². The van der Waals surface area contributed by atoms with Crippen LogP contribution in [0.4, 0.5) is 5.69 Å². The van der Waals surface area contributed by atoms with E-state index in [2.05, 4.69) is 4.98 Å². The van der Waals surface area contributed by atoms with Crippen LogP contribution < -0.4 is 9.64 Å². The lowest BCUT2D eigenvalue weighted by Gasteiger charge is -2.24. The molecular weight excluding hydrogens is 380 g/mol. The Bertz CT molecular complexity index is 1120. The van der Waals surface area contributed by atoms with Crippen LogP contribution in [0.1, 0.15) is 22.9 Å². The average Bonchev–Trinajstić information content (AvgIpc) is 3.05. The molecule has 2 aromatic carbocycles. The highest BCUT2D eigenvalue weighted by molar-refractivity contribution is 6.51. The van der Waals surface area contributed by atoms with Crippen LogP contribution in [0.3, 0.4) is 0 Å². The van der Waals surface area contributed by atoms with Crippen molar-refractivity contribution in [3.63, 3.8) is 0 Å². The molecule has 1 N–H and O–H groups in total. The Hall–Kier alpha value is -3.93. The summed E-state index contributed by atoms with van der Waals surface area (Å²) in [5.41, 5.74) is 2.50. The molecule has 1 aliphatic rings. The molecule has 6 heteroatoms. The van der Waals surface area contributed by atoms with Gasteiger partial charge in [-0.1, -0.05) is 35.9 Å². The standard InChI is InChI=1S/C24H20N2O4/c1-15-6-8-16(9-7-15)22(27)20-21(19-5-3-4-14-25-19)26(24(29)23(20)28)17-10-12-18(30-2)13-11-17/h3-14,21,27H,1-2H3. The number of aryl methyl sites for hydroxylation is 1. The van der Waals surface area contributed by atoms with Gasteiger partial charge in [0.25, 0.3) is 11.7 Å². The summed E-state index contributed by atoms with van der Waals surface area (Å²) < 4.78 is 5.19. The van der Waals surface area contributed by atoms with Crippen LogP contribution in [0.2, 0.25) is 0 Å². The second kappa shape index (κ2) is 7.83. The van der Waals surface area contributed by atoms with E-state index in [-0.39, 0.29) is 11.3 Å². The Labute approximate surface area is 174 Å². The molecule has 1 aromatic heterocycles. The van der Waals surface area contributed by atoms with Gasteiger partial charge in [0.15, 0.2) is 0 Å². The van der Waals surface area contributed by atoms with Gasteiger partial charge < -0.3 is 9.84 Å². The summed E-state index contributed by atoms with van der Waals surface area (Å²) in [4.78, 5) is 31.8. The third kappa shape index (κ3) is 3.33. The molecule has 0 saturated carbocycles. The number of aliphatic hydroxyl groups excluding tert-OH is 1. The molecule has 6 nitrogen and oxygen atoms in total. The first kappa shape index (κ1) is 19.4. The SMILES string of the molecule is COc1ccc(N2C(=O)C(=O)C(=C(O)c3ccc(C)cc3)C2c2ccccn2)cc1. The maximum Gasteiger partial charge on any atom is 0.300 e. The molecule has 150 valence electrons. The van der Waals surface area contributed by atoms with Crippen molar-refractivity contribution in [2.45, 2.75) is 13.0 Å². The number of ketones is 1. The average molecular weight is 400 g/mol. The monoisotopic (exact) mass is 400 g/mol. The maximum atomic E-state index is 13.0. The number of nitrogens with zero attached hydrogens (tertiary/aromatic N) is 2. The smallest absolute Gasteiger partial charge is 0.300 e. The zero-order valence-electron chi connectivity index (χ0n) is 16.6. The van der Waals surface area contributed by atoms with E-state index in [0.29, 0.717) is 22.7 Å². The van der Waals surface area contributed by atoms with Crippen molar-refractivity contribution in [2.75, 3.05) is 12.0 Å². The molecule has 0 aliphatic carbocycles. The summed E-state index contributed by atoms with van der Waals surface area (Å²) in [5.74, 6) is -1.06. The number of hydrogen-bond acceptors (Lipinski definition) is 5. The Morgan fingerprint density at radius 2 is 1.70 bits per heavy atom. The Balaban J connectivity index is 1.90. The predicted molar refractivity (Wildman–Crippen MR) is 113 cm³/mol. The third-order valence-electron chi connectivity index (χ3n) is 5.09. The van der Waals surface area contributed by atoms with Crippen molar-refractivity contribution in [1.82, 2.24) is 4.98 Å². The molecule has 1 aliphatic heterocycles. The van der Waals surface area contributed by atoms with Gasteiger partial charge in [-0.3, -0.25) is 19.5 Å². The van der Waals surface area contributed by atoms with E-state index in [1.54, 1.807) is 67.9 Å². The minimum absolute atomic E-state index is 0.0124. The van der Waals surface area contributed by atoms with Crippen molar-refractivity contribution in [3.8, 4) is 5.75 Å². The predicted octanol–water partition coefficient (Wildman–Crippen LogP) is 4.02. The second-order valence-electron chi connectivity index (χ2n) is 6.99. The van der Waals surface area contributed by atoms with E-state index in [1.165, 1.54) is 4.90 Å². The zero-order valence-corrected chi connectivity index (χ0v) is 16.6. The number of aliphatic hydroxyl groups is 1. The van der Waals surface area contributed by atoms with Gasteiger partial charge in [0, 0.05) is 17.4 Å². The minimum atomic E-state index is -0.846. The number of pyridine rings is 1. The van der Waals surface area contributed by atoms with Crippen molar-refractivity contribution < 1.29 is 19.4 Å². The number of benzene rings is 2. The number of aromatic nitrogens is 1. The van der Waals surface area contributed by atoms with Crippen molar-refractivity contribution in [3.05, 3.63) is 95.3 Å². The van der Waals surface area contributed by atoms with E-state index in [4.69, 9.17) is 4.74 Å². The number of methoxy groups -OCH3 is 1. The number of ether oxygens (including phenoxy) is 1. The fourth-order valence-electron chi connectivity index (χ4n) is 3.53. The normalized spacial score (nSPS) is 17.9. The molecule has 1 unspecified atom stereocenters. The number of carbonyl (C=O) groups excluding carboxylic acids is 2. The highest BCUT2D eigenvalue weighted by atomic mass is 16.5. The van der Waals surface area contributed by atoms with E-state index >= 15 is 0 Å². The topological polar surface area (TPSA) is 79.7 Å². The van der Waals surface area contributed by atoms with Gasteiger partial charge >= 0.3 is 0 Å². The van der Waals surface area contributed by atoms with E-state index in [0.717, 1.165) is 5.56 Å². The highest BCUT2D eigenvalue weighted by Gasteiger charge is 2.47. The minimum Gasteiger partial charge on any atom is -0.507 e. The second-order valence-corrected chi connectivity index (χ2v) is 6.99. The first-order valence-electron chi connectivity index (χ1n) is 9.44.